The Balaban J connectivity index is 2.11. The molecule has 6 heteroatoms. The lowest BCUT2D eigenvalue weighted by Gasteiger charge is -2.13. The molecular weight excluding hydrogens is 352 g/mol. The highest BCUT2D eigenvalue weighted by molar-refractivity contribution is 6.31. The van der Waals surface area contributed by atoms with Gasteiger partial charge in [0.25, 0.3) is 5.91 Å². The number of carbonyl (C=O) groups is 2. The number of nitrogens with one attached hydrogen (secondary N) is 2. The van der Waals surface area contributed by atoms with Crippen LogP contribution in [0.15, 0.2) is 36.4 Å². The number of benzene rings is 2. The Morgan fingerprint density at radius 3 is 2.54 bits per heavy atom. The van der Waals surface area contributed by atoms with Crippen molar-refractivity contribution in [3.05, 3.63) is 52.5 Å². The van der Waals surface area contributed by atoms with Gasteiger partial charge in [-0.05, 0) is 43.2 Å². The van der Waals surface area contributed by atoms with E-state index in [4.69, 9.17) is 16.3 Å². The van der Waals surface area contributed by atoms with Crippen LogP contribution in [0.1, 0.15) is 42.1 Å². The van der Waals surface area contributed by atoms with Crippen LogP contribution in [0.3, 0.4) is 0 Å². The lowest BCUT2D eigenvalue weighted by atomic mass is 10.1. The molecule has 0 saturated carbocycles. The standard InChI is InChI=1S/C20H23ClN2O3/c1-4-5-6-19(24)23-17-10-9-15(12-18(17)26-3)22-20(25)14-8-7-13(2)16(21)11-14/h7-12H,4-6H2,1-3H3,(H,22,25)(H,23,24). The summed E-state index contributed by atoms with van der Waals surface area (Å²) in [4.78, 5) is 24.3. The molecule has 0 spiro atoms. The van der Waals surface area contributed by atoms with E-state index < -0.39 is 0 Å². The smallest absolute Gasteiger partial charge is 0.255 e. The van der Waals surface area contributed by atoms with Crippen LogP contribution in [-0.2, 0) is 4.79 Å². The molecule has 2 aromatic rings. The van der Waals surface area contributed by atoms with Crippen molar-refractivity contribution in [2.24, 2.45) is 0 Å². The maximum Gasteiger partial charge on any atom is 0.255 e. The number of anilines is 2. The predicted molar refractivity (Wildman–Crippen MR) is 105 cm³/mol. The number of aryl methyl sites for hydroxylation is 1. The first-order chi connectivity index (χ1) is 12.4. The summed E-state index contributed by atoms with van der Waals surface area (Å²) in [5.74, 6) is 0.152. The van der Waals surface area contributed by atoms with Crippen LogP contribution in [0, 0.1) is 6.92 Å². The molecule has 138 valence electrons. The third-order valence-corrected chi connectivity index (χ3v) is 4.33. The molecule has 26 heavy (non-hydrogen) atoms. The summed E-state index contributed by atoms with van der Waals surface area (Å²) < 4.78 is 5.33. The van der Waals surface area contributed by atoms with Crippen molar-refractivity contribution < 1.29 is 14.3 Å². The van der Waals surface area contributed by atoms with Gasteiger partial charge in [0, 0.05) is 28.8 Å². The lowest BCUT2D eigenvalue weighted by molar-refractivity contribution is -0.116. The first kappa shape index (κ1) is 19.8. The van der Waals surface area contributed by atoms with Gasteiger partial charge < -0.3 is 15.4 Å². The van der Waals surface area contributed by atoms with E-state index in [-0.39, 0.29) is 11.8 Å². The van der Waals surface area contributed by atoms with Crippen LogP contribution < -0.4 is 15.4 Å². The Hall–Kier alpha value is -2.53. The van der Waals surface area contributed by atoms with Gasteiger partial charge in [0.2, 0.25) is 5.91 Å². The number of unbranched alkanes of at least 4 members (excludes halogenated alkanes) is 1. The van der Waals surface area contributed by atoms with Crippen molar-refractivity contribution in [2.75, 3.05) is 17.7 Å². The van der Waals surface area contributed by atoms with E-state index in [2.05, 4.69) is 10.6 Å². The minimum Gasteiger partial charge on any atom is -0.494 e. The Morgan fingerprint density at radius 2 is 1.88 bits per heavy atom. The molecule has 0 atom stereocenters. The monoisotopic (exact) mass is 374 g/mol. The largest absolute Gasteiger partial charge is 0.494 e. The van der Waals surface area contributed by atoms with Crippen LogP contribution >= 0.6 is 11.6 Å². The van der Waals surface area contributed by atoms with Gasteiger partial charge >= 0.3 is 0 Å². The molecule has 2 N–H and O–H groups in total. The zero-order chi connectivity index (χ0) is 19.1. The van der Waals surface area contributed by atoms with Gasteiger partial charge in [-0.3, -0.25) is 9.59 Å². The average Bonchev–Trinajstić information content (AvgIpc) is 2.63. The van der Waals surface area contributed by atoms with E-state index >= 15 is 0 Å². The number of amides is 2. The highest BCUT2D eigenvalue weighted by Gasteiger charge is 2.11. The van der Waals surface area contributed by atoms with Gasteiger partial charge in [-0.1, -0.05) is 31.0 Å². The molecule has 0 radical (unpaired) electrons. The van der Waals surface area contributed by atoms with Gasteiger partial charge in [0.15, 0.2) is 0 Å². The summed E-state index contributed by atoms with van der Waals surface area (Å²) in [6.07, 6.45) is 2.26. The molecule has 5 nitrogen and oxygen atoms in total. The third kappa shape index (κ3) is 5.23. The van der Waals surface area contributed by atoms with Gasteiger partial charge in [-0.2, -0.15) is 0 Å². The van der Waals surface area contributed by atoms with Gasteiger partial charge in [0.05, 0.1) is 12.8 Å². The fourth-order valence-corrected chi connectivity index (χ4v) is 2.54. The van der Waals surface area contributed by atoms with Crippen molar-refractivity contribution >= 4 is 34.8 Å². The number of carbonyl (C=O) groups excluding carboxylic acids is 2. The number of hydrogen-bond donors (Lipinski definition) is 2. The number of ether oxygens (including phenoxy) is 1. The van der Waals surface area contributed by atoms with E-state index in [1.807, 2.05) is 13.8 Å². The second-order valence-corrected chi connectivity index (χ2v) is 6.39. The number of methoxy groups -OCH3 is 1. The summed E-state index contributed by atoms with van der Waals surface area (Å²) in [6.45, 7) is 3.91. The van der Waals surface area contributed by atoms with Crippen LogP contribution in [0.5, 0.6) is 5.75 Å². The zero-order valence-electron chi connectivity index (χ0n) is 15.2. The molecule has 0 bridgehead atoms. The van der Waals surface area contributed by atoms with Crippen molar-refractivity contribution in [3.8, 4) is 5.75 Å². The van der Waals surface area contributed by atoms with E-state index in [9.17, 15) is 9.59 Å². The molecule has 0 aliphatic heterocycles. The lowest BCUT2D eigenvalue weighted by Crippen LogP contribution is -2.14. The first-order valence-electron chi connectivity index (χ1n) is 8.50. The Labute approximate surface area is 158 Å². The maximum atomic E-state index is 12.4. The van der Waals surface area contributed by atoms with Crippen molar-refractivity contribution in [3.63, 3.8) is 0 Å². The van der Waals surface area contributed by atoms with Gasteiger partial charge in [-0.25, -0.2) is 0 Å². The molecule has 0 aliphatic carbocycles. The summed E-state index contributed by atoms with van der Waals surface area (Å²) in [6, 6.07) is 10.2. The normalized spacial score (nSPS) is 10.3. The predicted octanol–water partition coefficient (Wildman–Crippen LogP) is 5.04. The molecule has 0 fully saturated rings. The van der Waals surface area contributed by atoms with E-state index in [0.29, 0.717) is 34.1 Å². The number of hydrogen-bond acceptors (Lipinski definition) is 3. The molecule has 0 heterocycles. The minimum absolute atomic E-state index is 0.0590. The van der Waals surface area contributed by atoms with Crippen molar-refractivity contribution in [1.82, 2.24) is 0 Å². The quantitative estimate of drug-likeness (QED) is 0.713. The van der Waals surface area contributed by atoms with Crippen LogP contribution in [0.2, 0.25) is 5.02 Å². The molecule has 0 aromatic heterocycles. The summed E-state index contributed by atoms with van der Waals surface area (Å²) in [5, 5.41) is 6.17. The van der Waals surface area contributed by atoms with Gasteiger partial charge in [0.1, 0.15) is 5.75 Å². The highest BCUT2D eigenvalue weighted by Crippen LogP contribution is 2.28. The molecule has 0 unspecified atom stereocenters. The molecule has 2 rings (SSSR count). The van der Waals surface area contributed by atoms with Crippen molar-refractivity contribution in [1.29, 1.82) is 0 Å². The van der Waals surface area contributed by atoms with Crippen LogP contribution in [0.4, 0.5) is 11.4 Å². The number of halogens is 1. The topological polar surface area (TPSA) is 67.4 Å². The van der Waals surface area contributed by atoms with E-state index in [0.717, 1.165) is 18.4 Å². The highest BCUT2D eigenvalue weighted by atomic mass is 35.5. The third-order valence-electron chi connectivity index (χ3n) is 3.92. The van der Waals surface area contributed by atoms with Crippen molar-refractivity contribution in [2.45, 2.75) is 33.1 Å². The average molecular weight is 375 g/mol. The number of rotatable bonds is 7. The summed E-state index contributed by atoms with van der Waals surface area (Å²) >= 11 is 6.07. The van der Waals surface area contributed by atoms with E-state index in [1.165, 1.54) is 7.11 Å². The molecule has 0 aliphatic rings. The Kier molecular flexibility index (Phi) is 7.04. The molecular formula is C20H23ClN2O3. The molecule has 2 aromatic carbocycles. The van der Waals surface area contributed by atoms with Crippen LogP contribution in [-0.4, -0.2) is 18.9 Å². The molecule has 0 saturated heterocycles. The molecule has 2 amide bonds. The first-order valence-corrected chi connectivity index (χ1v) is 8.87. The summed E-state index contributed by atoms with van der Waals surface area (Å²) in [5.41, 5.74) is 2.52. The maximum absolute atomic E-state index is 12.4. The summed E-state index contributed by atoms with van der Waals surface area (Å²) in [7, 11) is 1.52. The van der Waals surface area contributed by atoms with E-state index in [1.54, 1.807) is 36.4 Å². The van der Waals surface area contributed by atoms with Crippen LogP contribution in [0.25, 0.3) is 0 Å². The zero-order valence-corrected chi connectivity index (χ0v) is 15.9. The second kappa shape index (κ2) is 9.25. The fraction of sp³-hybridized carbons (Fsp3) is 0.300. The second-order valence-electron chi connectivity index (χ2n) is 5.98. The fourth-order valence-electron chi connectivity index (χ4n) is 2.36. The minimum atomic E-state index is -0.270. The Morgan fingerprint density at radius 1 is 1.12 bits per heavy atom. The Bertz CT molecular complexity index is 806. The SMILES string of the molecule is CCCCC(=O)Nc1ccc(NC(=O)c2ccc(C)c(Cl)c2)cc1OC. The van der Waals surface area contributed by atoms with Gasteiger partial charge in [-0.15, -0.1) is 0 Å².